The van der Waals surface area contributed by atoms with E-state index in [4.69, 9.17) is 17.0 Å². The Balaban J connectivity index is 1.65. The van der Waals surface area contributed by atoms with Crippen molar-refractivity contribution in [2.45, 2.75) is 12.1 Å². The molecule has 4 aromatic rings. The molecule has 2 aromatic heterocycles. The van der Waals surface area contributed by atoms with Gasteiger partial charge in [0, 0.05) is 29.5 Å². The summed E-state index contributed by atoms with van der Waals surface area (Å²) in [7, 11) is -2.11. The van der Waals surface area contributed by atoms with Crippen molar-refractivity contribution in [3.05, 3.63) is 102 Å². The summed E-state index contributed by atoms with van der Waals surface area (Å²) in [5, 5.41) is 13.1. The molecule has 0 bridgehead atoms. The van der Waals surface area contributed by atoms with Gasteiger partial charge in [0.2, 0.25) is 10.0 Å². The van der Waals surface area contributed by atoms with E-state index in [2.05, 4.69) is 15.0 Å². The van der Waals surface area contributed by atoms with Gasteiger partial charge in [-0.3, -0.25) is 9.71 Å². The molecular formula is C27H25N5O5S2. The summed E-state index contributed by atoms with van der Waals surface area (Å²) >= 11 is 5.81. The quantitative estimate of drug-likeness (QED) is 0.271. The zero-order chi connectivity index (χ0) is 27.7. The number of methoxy groups -OCH3 is 1. The van der Waals surface area contributed by atoms with Crippen LogP contribution in [0.1, 0.15) is 33.8 Å². The Morgan fingerprint density at radius 3 is 2.46 bits per heavy atom. The predicted octanol–water partition coefficient (Wildman–Crippen LogP) is 4.13. The van der Waals surface area contributed by atoms with Crippen molar-refractivity contribution in [3.8, 4) is 11.4 Å². The number of carbonyl (C=O) groups is 1. The molecule has 10 nitrogen and oxygen atoms in total. The number of nitrogens with zero attached hydrogens (tertiary/aromatic N) is 3. The van der Waals surface area contributed by atoms with Gasteiger partial charge in [-0.15, -0.1) is 0 Å². The van der Waals surface area contributed by atoms with Crippen molar-refractivity contribution in [1.29, 1.82) is 0 Å². The van der Waals surface area contributed by atoms with Crippen LogP contribution in [0.2, 0.25) is 0 Å². The Bertz CT molecular complexity index is 1640. The molecule has 0 spiro atoms. The summed E-state index contributed by atoms with van der Waals surface area (Å²) in [4.78, 5) is 17.9. The zero-order valence-corrected chi connectivity index (χ0v) is 22.6. The molecule has 0 unspecified atom stereocenters. The zero-order valence-electron chi connectivity index (χ0n) is 21.0. The molecule has 3 heterocycles. The molecule has 2 atom stereocenters. The Morgan fingerprint density at radius 2 is 1.82 bits per heavy atom. The summed E-state index contributed by atoms with van der Waals surface area (Å²) in [5.41, 5.74) is 3.50. The van der Waals surface area contributed by atoms with Crippen molar-refractivity contribution in [1.82, 2.24) is 14.9 Å². The third-order valence-electron chi connectivity index (χ3n) is 6.33. The van der Waals surface area contributed by atoms with Crippen LogP contribution in [0.5, 0.6) is 5.75 Å². The van der Waals surface area contributed by atoms with Crippen LogP contribution in [0.25, 0.3) is 5.69 Å². The van der Waals surface area contributed by atoms with Gasteiger partial charge >= 0.3 is 5.97 Å². The van der Waals surface area contributed by atoms with Crippen molar-refractivity contribution in [3.63, 3.8) is 0 Å². The van der Waals surface area contributed by atoms with E-state index in [0.717, 1.165) is 23.3 Å². The van der Waals surface area contributed by atoms with Gasteiger partial charge in [-0.05, 0) is 78.9 Å². The standard InChI is InChI=1S/C27H25N5O5S2/c1-37-23-13-12-19(16-21(23)30-39(2,35)36)32-25(24(29-27(32)38)20-6-3-4-14-28-20)22-7-5-15-31(22)18-10-8-17(9-11-18)26(33)34/h3-16,24-25,30H,1-2H3,(H,29,38)(H,33,34)/t24-,25-/m0/s1. The van der Waals surface area contributed by atoms with Crippen LogP contribution in [-0.2, 0) is 10.0 Å². The number of aromatic nitrogens is 2. The van der Waals surface area contributed by atoms with E-state index >= 15 is 0 Å². The second kappa shape index (κ2) is 10.4. The number of nitrogens with one attached hydrogen (secondary N) is 2. The second-order valence-electron chi connectivity index (χ2n) is 8.91. The maximum Gasteiger partial charge on any atom is 0.335 e. The van der Waals surface area contributed by atoms with Gasteiger partial charge in [0.1, 0.15) is 11.8 Å². The Labute approximate surface area is 230 Å². The number of carboxylic acids is 1. The molecule has 0 amide bonds. The lowest BCUT2D eigenvalue weighted by Crippen LogP contribution is -2.30. The summed E-state index contributed by atoms with van der Waals surface area (Å²) in [6, 6.07) is 20.5. The number of hydrogen-bond donors (Lipinski definition) is 3. The number of thiocarbonyl (C=S) groups is 1. The SMILES string of the molecule is COc1ccc(N2C(=S)N[C@@H](c3ccccn3)[C@@H]2c2cccn2-c2ccc(C(=O)O)cc2)cc1NS(C)(=O)=O. The average Bonchev–Trinajstić information content (AvgIpc) is 3.52. The van der Waals surface area contributed by atoms with Crippen LogP contribution in [0.3, 0.4) is 0 Å². The first-order chi connectivity index (χ1) is 18.7. The van der Waals surface area contributed by atoms with Crippen LogP contribution in [-0.4, -0.2) is 47.5 Å². The first-order valence-electron chi connectivity index (χ1n) is 11.8. The fourth-order valence-corrected chi connectivity index (χ4v) is 5.60. The summed E-state index contributed by atoms with van der Waals surface area (Å²) < 4.78 is 34.0. The molecule has 12 heteroatoms. The van der Waals surface area contributed by atoms with E-state index in [9.17, 15) is 18.3 Å². The molecule has 0 aliphatic carbocycles. The minimum Gasteiger partial charge on any atom is -0.495 e. The monoisotopic (exact) mass is 563 g/mol. The lowest BCUT2D eigenvalue weighted by molar-refractivity contribution is 0.0697. The van der Waals surface area contributed by atoms with Gasteiger partial charge in [0.25, 0.3) is 0 Å². The van der Waals surface area contributed by atoms with Gasteiger partial charge < -0.3 is 24.6 Å². The number of rotatable bonds is 8. The van der Waals surface area contributed by atoms with E-state index in [1.807, 2.05) is 52.1 Å². The van der Waals surface area contributed by atoms with E-state index in [-0.39, 0.29) is 17.3 Å². The molecule has 2 aromatic carbocycles. The topological polar surface area (TPSA) is 126 Å². The fraction of sp³-hybridized carbons (Fsp3) is 0.148. The Kier molecular flexibility index (Phi) is 6.98. The molecule has 39 heavy (non-hydrogen) atoms. The van der Waals surface area contributed by atoms with E-state index in [1.54, 1.807) is 42.6 Å². The van der Waals surface area contributed by atoms with Gasteiger partial charge in [-0.1, -0.05) is 6.07 Å². The number of hydrogen-bond acceptors (Lipinski definition) is 6. The van der Waals surface area contributed by atoms with Crippen LogP contribution in [0.15, 0.2) is 85.2 Å². The van der Waals surface area contributed by atoms with Crippen LogP contribution >= 0.6 is 12.2 Å². The van der Waals surface area contributed by atoms with Gasteiger partial charge in [0.05, 0.1) is 36.4 Å². The number of benzene rings is 2. The first kappa shape index (κ1) is 26.2. The predicted molar refractivity (Wildman–Crippen MR) is 152 cm³/mol. The Hall–Kier alpha value is -4.42. The summed E-state index contributed by atoms with van der Waals surface area (Å²) in [6.07, 6.45) is 4.68. The molecule has 0 saturated carbocycles. The molecule has 1 aliphatic rings. The van der Waals surface area contributed by atoms with E-state index < -0.39 is 22.0 Å². The second-order valence-corrected chi connectivity index (χ2v) is 11.0. The third-order valence-corrected chi connectivity index (χ3v) is 7.24. The summed E-state index contributed by atoms with van der Waals surface area (Å²) in [5.74, 6) is -0.638. The maximum atomic E-state index is 12.1. The maximum absolute atomic E-state index is 12.1. The largest absolute Gasteiger partial charge is 0.495 e. The number of sulfonamides is 1. The smallest absolute Gasteiger partial charge is 0.335 e. The van der Waals surface area contributed by atoms with Gasteiger partial charge in [-0.25, -0.2) is 13.2 Å². The number of ether oxygens (including phenoxy) is 1. The van der Waals surface area contributed by atoms with Gasteiger partial charge in [-0.2, -0.15) is 0 Å². The lowest BCUT2D eigenvalue weighted by Gasteiger charge is -2.29. The van der Waals surface area contributed by atoms with Crippen LogP contribution in [0.4, 0.5) is 11.4 Å². The van der Waals surface area contributed by atoms with Crippen LogP contribution < -0.4 is 19.7 Å². The van der Waals surface area contributed by atoms with E-state index in [1.165, 1.54) is 7.11 Å². The highest BCUT2D eigenvalue weighted by Crippen LogP contribution is 2.43. The number of carboxylic acid groups (broad SMARTS) is 1. The molecular weight excluding hydrogens is 538 g/mol. The minimum absolute atomic E-state index is 0.188. The molecule has 1 saturated heterocycles. The normalized spacial score (nSPS) is 17.1. The number of anilines is 2. The molecule has 0 radical (unpaired) electrons. The minimum atomic E-state index is -3.58. The highest BCUT2D eigenvalue weighted by atomic mass is 32.2. The van der Waals surface area contributed by atoms with Crippen molar-refractivity contribution >= 4 is 44.7 Å². The lowest BCUT2D eigenvalue weighted by atomic mass is 10.0. The third kappa shape index (κ3) is 5.29. The van der Waals surface area contributed by atoms with Crippen molar-refractivity contribution < 1.29 is 23.1 Å². The average molecular weight is 564 g/mol. The Morgan fingerprint density at radius 1 is 1.08 bits per heavy atom. The number of aromatic carboxylic acids is 1. The van der Waals surface area contributed by atoms with Crippen molar-refractivity contribution in [2.75, 3.05) is 23.0 Å². The molecule has 200 valence electrons. The fourth-order valence-electron chi connectivity index (χ4n) is 4.69. The number of pyridine rings is 1. The van der Waals surface area contributed by atoms with E-state index in [0.29, 0.717) is 16.5 Å². The highest BCUT2D eigenvalue weighted by molar-refractivity contribution is 7.92. The first-order valence-corrected chi connectivity index (χ1v) is 14.1. The molecule has 1 aliphatic heterocycles. The van der Waals surface area contributed by atoms with Gasteiger partial charge in [0.15, 0.2) is 5.11 Å². The molecule has 5 rings (SSSR count). The summed E-state index contributed by atoms with van der Waals surface area (Å²) in [6.45, 7) is 0. The highest BCUT2D eigenvalue weighted by Gasteiger charge is 2.42. The van der Waals surface area contributed by atoms with Crippen molar-refractivity contribution in [2.24, 2.45) is 0 Å². The molecule has 3 N–H and O–H groups in total. The molecule has 1 fully saturated rings. The van der Waals surface area contributed by atoms with Crippen LogP contribution in [0, 0.1) is 0 Å².